The van der Waals surface area contributed by atoms with Crippen LogP contribution in [0.5, 0.6) is 0 Å². The van der Waals surface area contributed by atoms with Gasteiger partial charge < -0.3 is 4.90 Å². The molecule has 0 radical (unpaired) electrons. The quantitative estimate of drug-likeness (QED) is 0.841. The van der Waals surface area contributed by atoms with Gasteiger partial charge in [0, 0.05) is 38.3 Å². The number of nitrogens with zero attached hydrogens (tertiary/aromatic N) is 2. The fourth-order valence-corrected chi connectivity index (χ4v) is 2.65. The molecule has 0 spiro atoms. The van der Waals surface area contributed by atoms with E-state index in [1.165, 1.54) is 11.3 Å². The van der Waals surface area contributed by atoms with E-state index in [0.717, 1.165) is 37.6 Å². The second-order valence-corrected chi connectivity index (χ2v) is 5.13. The summed E-state index contributed by atoms with van der Waals surface area (Å²) in [6.07, 6.45) is 1.93. The zero-order valence-corrected chi connectivity index (χ0v) is 11.1. The number of piperazine rings is 1. The number of amides is 1. The molecule has 2 rings (SSSR count). The highest BCUT2D eigenvalue weighted by atomic mass is 35.5. The van der Waals surface area contributed by atoms with Gasteiger partial charge in [0.25, 0.3) is 5.91 Å². The Morgan fingerprint density at radius 1 is 1.41 bits per heavy atom. The highest BCUT2D eigenvalue weighted by molar-refractivity contribution is 7.12. The van der Waals surface area contributed by atoms with Crippen molar-refractivity contribution >= 4 is 28.8 Å². The van der Waals surface area contributed by atoms with Crippen LogP contribution in [0.2, 0.25) is 0 Å². The zero-order valence-electron chi connectivity index (χ0n) is 9.51. The van der Waals surface area contributed by atoms with E-state index in [0.29, 0.717) is 0 Å². The maximum absolute atomic E-state index is 12.1. The lowest BCUT2D eigenvalue weighted by Crippen LogP contribution is -2.48. The molecule has 1 aromatic rings. The van der Waals surface area contributed by atoms with E-state index in [9.17, 15) is 4.79 Å². The summed E-state index contributed by atoms with van der Waals surface area (Å²) in [6.45, 7) is 4.29. The minimum Gasteiger partial charge on any atom is -0.335 e. The Balaban J connectivity index is 1.85. The lowest BCUT2D eigenvalue weighted by atomic mass is 10.3. The normalized spacial score (nSPS) is 17.8. The van der Waals surface area contributed by atoms with Crippen molar-refractivity contribution in [2.45, 2.75) is 0 Å². The maximum atomic E-state index is 12.1. The molecule has 0 aromatic carbocycles. The summed E-state index contributed by atoms with van der Waals surface area (Å²) >= 11 is 7.00. The third kappa shape index (κ3) is 3.31. The van der Waals surface area contributed by atoms with Crippen LogP contribution in [-0.4, -0.2) is 48.4 Å². The number of carbonyl (C=O) groups excluding carboxylic acids is 1. The summed E-state index contributed by atoms with van der Waals surface area (Å²) in [5.41, 5.74) is 1.54. The van der Waals surface area contributed by atoms with E-state index in [-0.39, 0.29) is 5.91 Å². The Bertz CT molecular complexity index is 383. The van der Waals surface area contributed by atoms with Crippen LogP contribution in [-0.2, 0) is 0 Å². The van der Waals surface area contributed by atoms with Gasteiger partial charge >= 0.3 is 0 Å². The Kier molecular flexibility index (Phi) is 4.59. The molecule has 17 heavy (non-hydrogen) atoms. The first kappa shape index (κ1) is 12.6. The van der Waals surface area contributed by atoms with E-state index in [1.807, 2.05) is 28.5 Å². The average Bonchev–Trinajstić information content (AvgIpc) is 2.90. The summed E-state index contributed by atoms with van der Waals surface area (Å²) in [4.78, 5) is 17.1. The van der Waals surface area contributed by atoms with Crippen molar-refractivity contribution in [3.05, 3.63) is 34.0 Å². The van der Waals surface area contributed by atoms with Crippen LogP contribution in [0, 0.1) is 0 Å². The molecule has 1 fully saturated rings. The Labute approximate surface area is 110 Å². The zero-order chi connectivity index (χ0) is 12.1. The van der Waals surface area contributed by atoms with Gasteiger partial charge in [-0.1, -0.05) is 23.7 Å². The first-order valence-corrected chi connectivity index (χ1v) is 6.93. The smallest absolute Gasteiger partial charge is 0.264 e. The van der Waals surface area contributed by atoms with Crippen molar-refractivity contribution in [2.75, 3.05) is 32.7 Å². The molecule has 1 amide bonds. The van der Waals surface area contributed by atoms with Crippen LogP contribution in [0.4, 0.5) is 0 Å². The Morgan fingerprint density at radius 2 is 2.18 bits per heavy atom. The van der Waals surface area contributed by atoms with Crippen molar-refractivity contribution in [3.63, 3.8) is 0 Å². The van der Waals surface area contributed by atoms with Crippen molar-refractivity contribution in [1.82, 2.24) is 9.80 Å². The number of hydrogen-bond donors (Lipinski definition) is 0. The monoisotopic (exact) mass is 270 g/mol. The maximum Gasteiger partial charge on any atom is 0.264 e. The van der Waals surface area contributed by atoms with Gasteiger partial charge in [0.1, 0.15) is 0 Å². The van der Waals surface area contributed by atoms with Gasteiger partial charge in [0.15, 0.2) is 0 Å². The molecule has 0 atom stereocenters. The van der Waals surface area contributed by atoms with Crippen molar-refractivity contribution in [2.24, 2.45) is 0 Å². The first-order chi connectivity index (χ1) is 8.31. The van der Waals surface area contributed by atoms with E-state index >= 15 is 0 Å². The highest BCUT2D eigenvalue weighted by Crippen LogP contribution is 2.13. The molecule has 0 N–H and O–H groups in total. The van der Waals surface area contributed by atoms with Gasteiger partial charge in [-0.15, -0.1) is 11.3 Å². The lowest BCUT2D eigenvalue weighted by molar-refractivity contribution is 0.0655. The van der Waals surface area contributed by atoms with E-state index in [2.05, 4.69) is 4.90 Å². The molecule has 1 aromatic heterocycles. The van der Waals surface area contributed by atoms with Crippen LogP contribution in [0.25, 0.3) is 0 Å². The number of thiophene rings is 1. The molecule has 1 aliphatic heterocycles. The highest BCUT2D eigenvalue weighted by Gasteiger charge is 2.21. The van der Waals surface area contributed by atoms with Gasteiger partial charge in [-0.25, -0.2) is 0 Å². The second-order valence-electron chi connectivity index (χ2n) is 3.93. The van der Waals surface area contributed by atoms with Crippen molar-refractivity contribution in [1.29, 1.82) is 0 Å². The van der Waals surface area contributed by atoms with Crippen molar-refractivity contribution < 1.29 is 4.79 Å². The molecule has 1 saturated heterocycles. The Hall–Kier alpha value is -0.840. The molecular formula is C12H15ClN2OS. The minimum atomic E-state index is 0.160. The Morgan fingerprint density at radius 3 is 2.76 bits per heavy atom. The molecular weight excluding hydrogens is 256 g/mol. The summed E-state index contributed by atoms with van der Waals surface area (Å²) < 4.78 is 0. The van der Waals surface area contributed by atoms with Crippen molar-refractivity contribution in [3.8, 4) is 0 Å². The van der Waals surface area contributed by atoms with Gasteiger partial charge in [-0.2, -0.15) is 0 Å². The lowest BCUT2D eigenvalue weighted by Gasteiger charge is -2.33. The minimum absolute atomic E-state index is 0.160. The molecule has 2 heterocycles. The number of hydrogen-bond acceptors (Lipinski definition) is 3. The molecule has 0 unspecified atom stereocenters. The first-order valence-electron chi connectivity index (χ1n) is 5.61. The van der Waals surface area contributed by atoms with Gasteiger partial charge in [0.05, 0.1) is 4.88 Å². The topological polar surface area (TPSA) is 23.6 Å². The summed E-state index contributed by atoms with van der Waals surface area (Å²) in [5.74, 6) is 0.160. The molecule has 0 bridgehead atoms. The average molecular weight is 271 g/mol. The van der Waals surface area contributed by atoms with Crippen LogP contribution in [0.3, 0.4) is 0 Å². The molecule has 3 nitrogen and oxygen atoms in total. The third-order valence-electron chi connectivity index (χ3n) is 2.84. The second kappa shape index (κ2) is 6.19. The predicted octanol–water partition coefficient (Wildman–Crippen LogP) is 2.26. The number of carbonyl (C=O) groups is 1. The number of halogens is 1. The van der Waals surface area contributed by atoms with Crippen LogP contribution in [0.15, 0.2) is 29.1 Å². The molecule has 0 saturated carbocycles. The number of rotatable bonds is 3. The molecule has 1 aliphatic rings. The fraction of sp³-hybridized carbons (Fsp3) is 0.417. The molecule has 92 valence electrons. The van der Waals surface area contributed by atoms with Gasteiger partial charge in [-0.3, -0.25) is 9.69 Å². The van der Waals surface area contributed by atoms with Gasteiger partial charge in [0.2, 0.25) is 0 Å². The van der Waals surface area contributed by atoms with E-state index in [1.54, 1.807) is 5.54 Å². The predicted molar refractivity (Wildman–Crippen MR) is 71.7 cm³/mol. The standard InChI is InChI=1S/C12H15ClN2OS/c13-4-2-5-14-6-8-15(9-7-14)12(16)11-3-1-10-17-11/h1-4,10H,5-9H2. The third-order valence-corrected chi connectivity index (χ3v) is 3.88. The largest absolute Gasteiger partial charge is 0.335 e. The van der Waals surface area contributed by atoms with Crippen LogP contribution >= 0.6 is 22.9 Å². The molecule has 5 heteroatoms. The van der Waals surface area contributed by atoms with E-state index < -0.39 is 0 Å². The molecule has 0 aliphatic carbocycles. The van der Waals surface area contributed by atoms with Crippen LogP contribution < -0.4 is 0 Å². The summed E-state index contributed by atoms with van der Waals surface area (Å²) in [6, 6.07) is 3.80. The summed E-state index contributed by atoms with van der Waals surface area (Å²) in [5, 5.41) is 1.94. The fourth-order valence-electron chi connectivity index (χ4n) is 1.88. The van der Waals surface area contributed by atoms with E-state index in [4.69, 9.17) is 11.6 Å². The SMILES string of the molecule is O=C(c1cccs1)N1CCN(CC=CCl)CC1. The van der Waals surface area contributed by atoms with Gasteiger partial charge in [-0.05, 0) is 11.4 Å². The summed E-state index contributed by atoms with van der Waals surface area (Å²) in [7, 11) is 0. The van der Waals surface area contributed by atoms with Crippen LogP contribution in [0.1, 0.15) is 9.67 Å².